The van der Waals surface area contributed by atoms with Crippen LogP contribution in [0.2, 0.25) is 0 Å². The molecule has 0 saturated carbocycles. The summed E-state index contributed by atoms with van der Waals surface area (Å²) in [7, 11) is 4.63. The molecule has 40 heavy (non-hydrogen) atoms. The van der Waals surface area contributed by atoms with Crippen molar-refractivity contribution in [3.63, 3.8) is 0 Å². The Balaban J connectivity index is 1.95. The summed E-state index contributed by atoms with van der Waals surface area (Å²) in [4.78, 5) is 41.2. The van der Waals surface area contributed by atoms with Crippen LogP contribution >= 0.6 is 0 Å². The number of nitrogens with one attached hydrogen (secondary N) is 1. The standard InChI is InChI=1S/C31H35NO8/c1-7-39-30(34)25-17(3)32-23-16-21(18-9-11-19(36-4)12-10-18)27(31(35)40-8-2)29(33)28(23)26(25)22-15-20(37-5)13-14-24(22)38-6/h9-15,21,26-27,32H,7-8,16H2,1-6H3/t21-,26-,27+/m0/s1. The maximum Gasteiger partial charge on any atom is 0.336 e. The molecular formula is C31H35NO8. The van der Waals surface area contributed by atoms with Crippen molar-refractivity contribution in [1.29, 1.82) is 0 Å². The molecule has 1 aliphatic heterocycles. The number of benzene rings is 2. The molecule has 1 aliphatic carbocycles. The number of rotatable bonds is 9. The van der Waals surface area contributed by atoms with Gasteiger partial charge in [0.05, 0.1) is 46.0 Å². The van der Waals surface area contributed by atoms with Crippen molar-refractivity contribution < 1.29 is 38.1 Å². The van der Waals surface area contributed by atoms with Gasteiger partial charge < -0.3 is 29.0 Å². The fourth-order valence-electron chi connectivity index (χ4n) is 5.56. The summed E-state index contributed by atoms with van der Waals surface area (Å²) >= 11 is 0. The summed E-state index contributed by atoms with van der Waals surface area (Å²) in [5.74, 6) is -2.41. The Hall–Kier alpha value is -4.27. The van der Waals surface area contributed by atoms with Crippen molar-refractivity contribution in [3.8, 4) is 17.2 Å². The predicted molar refractivity (Wildman–Crippen MR) is 147 cm³/mol. The summed E-state index contributed by atoms with van der Waals surface area (Å²) in [6, 6.07) is 12.5. The van der Waals surface area contributed by atoms with Crippen LogP contribution in [0.15, 0.2) is 65.0 Å². The Labute approximate surface area is 234 Å². The van der Waals surface area contributed by atoms with Gasteiger partial charge >= 0.3 is 11.9 Å². The van der Waals surface area contributed by atoms with E-state index in [9.17, 15) is 14.4 Å². The van der Waals surface area contributed by atoms with Gasteiger partial charge in [0, 0.05) is 28.4 Å². The molecule has 9 nitrogen and oxygen atoms in total. The van der Waals surface area contributed by atoms with Crippen LogP contribution in [-0.4, -0.2) is 52.3 Å². The molecule has 0 unspecified atom stereocenters. The summed E-state index contributed by atoms with van der Waals surface area (Å²) in [6.07, 6.45) is 0.340. The number of esters is 2. The maximum absolute atomic E-state index is 14.5. The van der Waals surface area contributed by atoms with Crippen molar-refractivity contribution in [3.05, 3.63) is 76.1 Å². The fourth-order valence-corrected chi connectivity index (χ4v) is 5.56. The Kier molecular flexibility index (Phi) is 8.82. The first kappa shape index (κ1) is 28.7. The highest BCUT2D eigenvalue weighted by atomic mass is 16.5. The Morgan fingerprint density at radius 2 is 1.55 bits per heavy atom. The van der Waals surface area contributed by atoms with Crippen LogP contribution in [0.1, 0.15) is 50.2 Å². The number of hydrogen-bond donors (Lipinski definition) is 1. The van der Waals surface area contributed by atoms with Gasteiger partial charge in [-0.3, -0.25) is 9.59 Å². The molecule has 0 spiro atoms. The first-order valence-electron chi connectivity index (χ1n) is 13.2. The largest absolute Gasteiger partial charge is 0.497 e. The Bertz CT molecular complexity index is 1360. The van der Waals surface area contributed by atoms with Crippen molar-refractivity contribution in [2.75, 3.05) is 34.5 Å². The number of dihydropyridines is 1. The van der Waals surface area contributed by atoms with Gasteiger partial charge in [0.15, 0.2) is 5.78 Å². The highest BCUT2D eigenvalue weighted by molar-refractivity contribution is 6.13. The number of ether oxygens (including phenoxy) is 5. The van der Waals surface area contributed by atoms with E-state index in [2.05, 4.69) is 5.32 Å². The quantitative estimate of drug-likeness (QED) is 0.359. The molecule has 0 bridgehead atoms. The van der Waals surface area contributed by atoms with Gasteiger partial charge in [-0.2, -0.15) is 0 Å². The van der Waals surface area contributed by atoms with Gasteiger partial charge in [-0.15, -0.1) is 0 Å². The lowest BCUT2D eigenvalue weighted by molar-refractivity contribution is -0.152. The number of methoxy groups -OCH3 is 3. The maximum atomic E-state index is 14.5. The predicted octanol–water partition coefficient (Wildman–Crippen LogP) is 4.43. The highest BCUT2D eigenvalue weighted by Gasteiger charge is 2.49. The van der Waals surface area contributed by atoms with Gasteiger partial charge in [-0.1, -0.05) is 12.1 Å². The fraction of sp³-hybridized carbons (Fsp3) is 0.387. The van der Waals surface area contributed by atoms with Gasteiger partial charge in [-0.25, -0.2) is 4.79 Å². The molecule has 1 heterocycles. The van der Waals surface area contributed by atoms with E-state index in [-0.39, 0.29) is 18.8 Å². The first-order chi connectivity index (χ1) is 19.3. The Morgan fingerprint density at radius 3 is 2.15 bits per heavy atom. The molecule has 3 atom stereocenters. The molecule has 212 valence electrons. The smallest absolute Gasteiger partial charge is 0.336 e. The molecule has 0 saturated heterocycles. The van der Waals surface area contributed by atoms with Gasteiger partial charge in [-0.05, 0) is 63.1 Å². The zero-order valence-corrected chi connectivity index (χ0v) is 23.7. The van der Waals surface area contributed by atoms with Crippen molar-refractivity contribution in [1.82, 2.24) is 5.32 Å². The number of allylic oxidation sites excluding steroid dienone is 3. The zero-order valence-electron chi connectivity index (χ0n) is 23.7. The summed E-state index contributed by atoms with van der Waals surface area (Å²) in [5.41, 5.74) is 3.12. The third-order valence-corrected chi connectivity index (χ3v) is 7.35. The van der Waals surface area contributed by atoms with Crippen LogP contribution in [0.4, 0.5) is 0 Å². The van der Waals surface area contributed by atoms with Crippen LogP contribution in [0.3, 0.4) is 0 Å². The second-order valence-corrected chi connectivity index (χ2v) is 9.50. The normalized spacial score (nSPS) is 20.4. The number of Topliss-reactive ketones (excluding diaryl/α,β-unsaturated/α-hetero) is 1. The molecule has 2 aliphatic rings. The van der Waals surface area contributed by atoms with E-state index >= 15 is 0 Å². The lowest BCUT2D eigenvalue weighted by atomic mass is 9.67. The molecular weight excluding hydrogens is 514 g/mol. The minimum absolute atomic E-state index is 0.127. The molecule has 9 heteroatoms. The molecule has 0 amide bonds. The van der Waals surface area contributed by atoms with Crippen LogP contribution in [0, 0.1) is 5.92 Å². The second kappa shape index (κ2) is 12.3. The SMILES string of the molecule is CCOC(=O)C1=C(C)NC2=C(C(=O)[C@H](C(=O)OCC)[C@H](c3ccc(OC)cc3)C2)[C@H]1c1cc(OC)ccc1OC. The molecule has 4 rings (SSSR count). The average Bonchev–Trinajstić information content (AvgIpc) is 2.96. The van der Waals surface area contributed by atoms with Crippen molar-refractivity contribution >= 4 is 17.7 Å². The average molecular weight is 550 g/mol. The number of carbonyl (C=O) groups is 3. The van der Waals surface area contributed by atoms with E-state index < -0.39 is 35.5 Å². The number of hydrogen-bond acceptors (Lipinski definition) is 9. The summed E-state index contributed by atoms with van der Waals surface area (Å²) < 4.78 is 27.3. The lowest BCUT2D eigenvalue weighted by Gasteiger charge is -2.39. The summed E-state index contributed by atoms with van der Waals surface area (Å²) in [5, 5.41) is 3.31. The number of carbonyl (C=O) groups excluding carboxylic acids is 3. The Morgan fingerprint density at radius 1 is 0.900 bits per heavy atom. The van der Waals surface area contributed by atoms with Crippen LogP contribution < -0.4 is 19.5 Å². The molecule has 2 aromatic carbocycles. The van der Waals surface area contributed by atoms with E-state index in [1.807, 2.05) is 12.1 Å². The molecule has 0 fully saturated rings. The van der Waals surface area contributed by atoms with Crippen LogP contribution in [-0.2, 0) is 23.9 Å². The third-order valence-electron chi connectivity index (χ3n) is 7.35. The van der Waals surface area contributed by atoms with Gasteiger partial charge in [0.2, 0.25) is 0 Å². The second-order valence-electron chi connectivity index (χ2n) is 9.50. The zero-order chi connectivity index (χ0) is 29.0. The van der Waals surface area contributed by atoms with Crippen molar-refractivity contribution in [2.45, 2.75) is 39.0 Å². The van der Waals surface area contributed by atoms with Gasteiger partial charge in [0.1, 0.15) is 23.2 Å². The molecule has 0 aromatic heterocycles. The van der Waals surface area contributed by atoms with Crippen LogP contribution in [0.25, 0.3) is 0 Å². The van der Waals surface area contributed by atoms with E-state index in [0.29, 0.717) is 46.2 Å². The highest BCUT2D eigenvalue weighted by Crippen LogP contribution is 2.50. The minimum atomic E-state index is -1.12. The van der Waals surface area contributed by atoms with Gasteiger partial charge in [0.25, 0.3) is 0 Å². The van der Waals surface area contributed by atoms with Crippen LogP contribution in [0.5, 0.6) is 17.2 Å². The summed E-state index contributed by atoms with van der Waals surface area (Å²) in [6.45, 7) is 5.48. The number of ketones is 1. The van der Waals surface area contributed by atoms with E-state index in [1.165, 1.54) is 14.2 Å². The van der Waals surface area contributed by atoms with Crippen molar-refractivity contribution in [2.24, 2.45) is 5.92 Å². The molecule has 0 radical (unpaired) electrons. The first-order valence-corrected chi connectivity index (χ1v) is 13.2. The lowest BCUT2D eigenvalue weighted by Crippen LogP contribution is -2.43. The van der Waals surface area contributed by atoms with E-state index in [0.717, 1.165) is 5.56 Å². The monoisotopic (exact) mass is 549 g/mol. The topological polar surface area (TPSA) is 109 Å². The minimum Gasteiger partial charge on any atom is -0.497 e. The van der Waals surface area contributed by atoms with E-state index in [4.69, 9.17) is 23.7 Å². The van der Waals surface area contributed by atoms with E-state index in [1.54, 1.807) is 58.2 Å². The molecule has 2 aromatic rings. The third kappa shape index (κ3) is 5.28. The molecule has 1 N–H and O–H groups in total.